The van der Waals surface area contributed by atoms with Crippen molar-refractivity contribution in [2.24, 2.45) is 5.92 Å². The summed E-state index contributed by atoms with van der Waals surface area (Å²) in [5.74, 6) is 1.28. The molecule has 1 aliphatic carbocycles. The molecule has 1 saturated carbocycles. The van der Waals surface area contributed by atoms with Crippen molar-refractivity contribution >= 4 is 11.6 Å². The lowest BCUT2D eigenvalue weighted by molar-refractivity contribution is -0.115. The van der Waals surface area contributed by atoms with Crippen LogP contribution in [-0.4, -0.2) is 24.2 Å². The normalized spacial score (nSPS) is 22.9. The number of carbonyl (C=O) groups excluding carboxylic acids is 1. The van der Waals surface area contributed by atoms with Gasteiger partial charge in [-0.15, -0.1) is 0 Å². The molecule has 0 radical (unpaired) electrons. The van der Waals surface area contributed by atoms with Gasteiger partial charge in [0.2, 0.25) is 0 Å². The van der Waals surface area contributed by atoms with E-state index in [0.717, 1.165) is 30.6 Å². The third kappa shape index (κ3) is 3.21. The van der Waals surface area contributed by atoms with Crippen LogP contribution in [0.25, 0.3) is 0 Å². The number of phenolic OH excluding ortho intramolecular Hbond substituents is 1. The summed E-state index contributed by atoms with van der Waals surface area (Å²) in [5.41, 5.74) is 1.66. The number of benzene rings is 1. The third-order valence-corrected chi connectivity index (χ3v) is 5.11. The first kappa shape index (κ1) is 15.9. The lowest BCUT2D eigenvalue weighted by Gasteiger charge is -2.41. The van der Waals surface area contributed by atoms with Crippen LogP contribution in [0.5, 0.6) is 5.75 Å². The van der Waals surface area contributed by atoms with Gasteiger partial charge in [0.05, 0.1) is 12.8 Å². The fraction of sp³-hybridized carbons (Fsp3) is 0.526. The average Bonchev–Trinajstić information content (AvgIpc) is 2.57. The van der Waals surface area contributed by atoms with Gasteiger partial charge in [-0.25, -0.2) is 0 Å². The van der Waals surface area contributed by atoms with E-state index in [0.29, 0.717) is 11.6 Å². The molecule has 1 heterocycles. The molecule has 1 N–H and O–H groups in total. The number of carbonyl (C=O) groups is 1. The number of rotatable bonds is 3. The van der Waals surface area contributed by atoms with Gasteiger partial charge in [0, 0.05) is 18.5 Å². The average molecular weight is 315 g/mol. The highest BCUT2D eigenvalue weighted by Gasteiger charge is 2.37. The van der Waals surface area contributed by atoms with Crippen molar-refractivity contribution in [3.63, 3.8) is 0 Å². The summed E-state index contributed by atoms with van der Waals surface area (Å²) in [4.78, 5) is 14.5. The van der Waals surface area contributed by atoms with E-state index in [4.69, 9.17) is 4.74 Å². The molecule has 1 amide bonds. The van der Waals surface area contributed by atoms with Gasteiger partial charge in [-0.05, 0) is 43.4 Å². The fourth-order valence-corrected chi connectivity index (χ4v) is 3.89. The Kier molecular flexibility index (Phi) is 4.60. The van der Waals surface area contributed by atoms with Gasteiger partial charge in [0.1, 0.15) is 11.5 Å². The van der Waals surface area contributed by atoms with Gasteiger partial charge in [-0.3, -0.25) is 4.79 Å². The molecule has 23 heavy (non-hydrogen) atoms. The highest BCUT2D eigenvalue weighted by Crippen LogP contribution is 2.39. The van der Waals surface area contributed by atoms with Crippen molar-refractivity contribution in [3.05, 3.63) is 35.6 Å². The topological polar surface area (TPSA) is 49.8 Å². The molecule has 1 fully saturated rings. The number of hydrogen-bond donors (Lipinski definition) is 1. The number of hydrogen-bond acceptors (Lipinski definition) is 3. The summed E-state index contributed by atoms with van der Waals surface area (Å²) in [6.07, 6.45) is 8.27. The molecule has 1 aromatic rings. The van der Waals surface area contributed by atoms with Crippen molar-refractivity contribution < 1.29 is 14.6 Å². The smallest absolute Gasteiger partial charge is 0.254 e. The largest absolute Gasteiger partial charge is 0.506 e. The van der Waals surface area contributed by atoms with Crippen LogP contribution in [0.1, 0.15) is 44.1 Å². The number of methoxy groups -OCH3 is 1. The van der Waals surface area contributed by atoms with E-state index >= 15 is 0 Å². The molecule has 4 nitrogen and oxygen atoms in total. The van der Waals surface area contributed by atoms with Gasteiger partial charge in [-0.2, -0.15) is 0 Å². The lowest BCUT2D eigenvalue weighted by Crippen LogP contribution is -2.47. The van der Waals surface area contributed by atoms with Crippen molar-refractivity contribution in [2.45, 2.75) is 51.5 Å². The molecule has 4 heteroatoms. The van der Waals surface area contributed by atoms with Crippen molar-refractivity contribution in [1.29, 1.82) is 0 Å². The number of amides is 1. The zero-order chi connectivity index (χ0) is 16.4. The van der Waals surface area contributed by atoms with E-state index in [1.807, 2.05) is 19.1 Å². The highest BCUT2D eigenvalue weighted by molar-refractivity contribution is 6.04. The first-order valence-corrected chi connectivity index (χ1v) is 8.47. The van der Waals surface area contributed by atoms with Gasteiger partial charge >= 0.3 is 0 Å². The van der Waals surface area contributed by atoms with Gasteiger partial charge in [0.15, 0.2) is 0 Å². The second kappa shape index (κ2) is 6.65. The van der Waals surface area contributed by atoms with Crippen molar-refractivity contribution in [1.82, 2.24) is 0 Å². The summed E-state index contributed by atoms with van der Waals surface area (Å²) < 4.78 is 5.37. The molecule has 1 aliphatic heterocycles. The van der Waals surface area contributed by atoms with Gasteiger partial charge in [-0.1, -0.05) is 25.3 Å². The SMILES string of the molecule is COC1=CC(=O)N(c2cc(C)ccc2O)[C@@H](C2CCCCC2)C1. The second-order valence-corrected chi connectivity index (χ2v) is 6.68. The van der Waals surface area contributed by atoms with Gasteiger partial charge in [0.25, 0.3) is 5.91 Å². The predicted molar refractivity (Wildman–Crippen MR) is 90.4 cm³/mol. The standard InChI is InChI=1S/C19H25NO3/c1-13-8-9-18(21)17(10-13)20-16(14-6-4-3-5-7-14)11-15(23-2)12-19(20)22/h8-10,12,14,16,21H,3-7,11H2,1-2H3/t16-/m1/s1. The van der Waals surface area contributed by atoms with E-state index < -0.39 is 0 Å². The molecule has 124 valence electrons. The lowest BCUT2D eigenvalue weighted by atomic mass is 9.80. The summed E-state index contributed by atoms with van der Waals surface area (Å²) in [6.45, 7) is 1.98. The van der Waals surface area contributed by atoms with E-state index in [2.05, 4.69) is 0 Å². The molecule has 0 bridgehead atoms. The van der Waals surface area contributed by atoms with Crippen LogP contribution >= 0.6 is 0 Å². The van der Waals surface area contributed by atoms with Crippen molar-refractivity contribution in [2.75, 3.05) is 12.0 Å². The maximum Gasteiger partial charge on any atom is 0.254 e. The third-order valence-electron chi connectivity index (χ3n) is 5.11. The quantitative estimate of drug-likeness (QED) is 0.920. The highest BCUT2D eigenvalue weighted by atomic mass is 16.5. The maximum atomic E-state index is 12.7. The zero-order valence-corrected chi connectivity index (χ0v) is 13.9. The Labute approximate surface area is 137 Å². The van der Waals surface area contributed by atoms with Crippen LogP contribution in [0.2, 0.25) is 0 Å². The summed E-state index contributed by atoms with van der Waals surface area (Å²) in [7, 11) is 1.62. The zero-order valence-electron chi connectivity index (χ0n) is 13.9. The van der Waals surface area contributed by atoms with E-state index in [9.17, 15) is 9.90 Å². The Balaban J connectivity index is 2.00. The van der Waals surface area contributed by atoms with Crippen LogP contribution in [0.4, 0.5) is 5.69 Å². The van der Waals surface area contributed by atoms with Crippen LogP contribution in [0.15, 0.2) is 30.0 Å². The number of aromatic hydroxyl groups is 1. The molecule has 0 spiro atoms. The molecule has 1 aromatic carbocycles. The minimum atomic E-state index is -0.0930. The Morgan fingerprint density at radius 2 is 1.96 bits per heavy atom. The minimum Gasteiger partial charge on any atom is -0.506 e. The molecule has 2 aliphatic rings. The number of phenols is 1. The molecular weight excluding hydrogens is 290 g/mol. The first-order chi connectivity index (χ1) is 11.1. The molecule has 0 aromatic heterocycles. The number of ether oxygens (including phenoxy) is 1. The van der Waals surface area contributed by atoms with E-state index in [1.165, 1.54) is 19.3 Å². The summed E-state index contributed by atoms with van der Waals surface area (Å²) in [6, 6.07) is 5.50. The number of anilines is 1. The Bertz CT molecular complexity index is 617. The predicted octanol–water partition coefficient (Wildman–Crippen LogP) is 3.92. The van der Waals surface area contributed by atoms with E-state index in [-0.39, 0.29) is 17.7 Å². The number of nitrogens with zero attached hydrogens (tertiary/aromatic N) is 1. The van der Waals surface area contributed by atoms with Gasteiger partial charge < -0.3 is 14.7 Å². The number of aryl methyl sites for hydroxylation is 1. The second-order valence-electron chi connectivity index (χ2n) is 6.68. The van der Waals surface area contributed by atoms with Crippen LogP contribution < -0.4 is 4.90 Å². The molecule has 0 saturated heterocycles. The Morgan fingerprint density at radius 1 is 1.22 bits per heavy atom. The first-order valence-electron chi connectivity index (χ1n) is 8.47. The van der Waals surface area contributed by atoms with Crippen LogP contribution in [0, 0.1) is 12.8 Å². The fourth-order valence-electron chi connectivity index (χ4n) is 3.89. The van der Waals surface area contributed by atoms with Crippen molar-refractivity contribution in [3.8, 4) is 5.75 Å². The van der Waals surface area contributed by atoms with Crippen LogP contribution in [-0.2, 0) is 9.53 Å². The molecule has 3 rings (SSSR count). The summed E-state index contributed by atoms with van der Waals surface area (Å²) >= 11 is 0. The molecular formula is C19H25NO3. The summed E-state index contributed by atoms with van der Waals surface area (Å²) in [5, 5.41) is 10.3. The monoisotopic (exact) mass is 315 g/mol. The molecule has 1 atom stereocenters. The Morgan fingerprint density at radius 3 is 2.65 bits per heavy atom. The van der Waals surface area contributed by atoms with E-state index in [1.54, 1.807) is 24.2 Å². The Hall–Kier alpha value is -1.97. The molecule has 0 unspecified atom stereocenters. The maximum absolute atomic E-state index is 12.7. The van der Waals surface area contributed by atoms with Crippen LogP contribution in [0.3, 0.4) is 0 Å². The minimum absolute atomic E-state index is 0.0652.